The predicted molar refractivity (Wildman–Crippen MR) is 90.7 cm³/mol. The third kappa shape index (κ3) is 2.68. The summed E-state index contributed by atoms with van der Waals surface area (Å²) in [5.41, 5.74) is 4.24. The third-order valence-electron chi connectivity index (χ3n) is 3.84. The van der Waals surface area contributed by atoms with Crippen LogP contribution in [0.4, 0.5) is 11.7 Å². The topological polar surface area (TPSA) is 66.7 Å². The lowest BCUT2D eigenvalue weighted by molar-refractivity contribution is 0.592. The second-order valence-corrected chi connectivity index (χ2v) is 5.38. The minimum Gasteiger partial charge on any atom is -0.423 e. The molecule has 0 atom stereocenters. The Morgan fingerprint density at radius 2 is 1.96 bits per heavy atom. The van der Waals surface area contributed by atoms with E-state index in [-0.39, 0.29) is 0 Å². The van der Waals surface area contributed by atoms with E-state index in [1.54, 1.807) is 12.4 Å². The van der Waals surface area contributed by atoms with Gasteiger partial charge in [-0.1, -0.05) is 31.2 Å². The lowest BCUT2D eigenvalue weighted by Gasteiger charge is -2.02. The lowest BCUT2D eigenvalue weighted by Crippen LogP contribution is -1.89. The number of nitrogens with one attached hydrogen (secondary N) is 2. The fourth-order valence-electron chi connectivity index (χ4n) is 2.51. The monoisotopic (exact) mass is 304 g/mol. The maximum Gasteiger partial charge on any atom is 0.299 e. The summed E-state index contributed by atoms with van der Waals surface area (Å²) in [5.74, 6) is 0.750. The van der Waals surface area contributed by atoms with Gasteiger partial charge in [-0.3, -0.25) is 5.10 Å². The summed E-state index contributed by atoms with van der Waals surface area (Å²) >= 11 is 0. The average Bonchev–Trinajstić information content (AvgIpc) is 3.24. The van der Waals surface area contributed by atoms with E-state index in [1.807, 2.05) is 18.2 Å². The van der Waals surface area contributed by atoms with Crippen molar-refractivity contribution in [1.29, 1.82) is 0 Å². The molecule has 0 unspecified atom stereocenters. The van der Waals surface area contributed by atoms with Crippen molar-refractivity contribution >= 4 is 22.6 Å². The van der Waals surface area contributed by atoms with Crippen LogP contribution in [0.15, 0.2) is 59.3 Å². The van der Waals surface area contributed by atoms with Gasteiger partial charge >= 0.3 is 0 Å². The summed E-state index contributed by atoms with van der Waals surface area (Å²) in [4.78, 5) is 4.30. The number of oxazole rings is 1. The molecule has 0 aliphatic heterocycles. The zero-order valence-electron chi connectivity index (χ0n) is 12.7. The van der Waals surface area contributed by atoms with Crippen molar-refractivity contribution in [1.82, 2.24) is 15.2 Å². The van der Waals surface area contributed by atoms with Crippen LogP contribution in [-0.2, 0) is 6.42 Å². The third-order valence-corrected chi connectivity index (χ3v) is 3.84. The summed E-state index contributed by atoms with van der Waals surface area (Å²) in [7, 11) is 0. The highest BCUT2D eigenvalue weighted by Crippen LogP contribution is 2.26. The molecule has 0 aliphatic rings. The first-order valence-electron chi connectivity index (χ1n) is 7.57. The molecule has 0 saturated heterocycles. The first-order valence-corrected chi connectivity index (χ1v) is 7.57. The van der Waals surface area contributed by atoms with Gasteiger partial charge in [-0.05, 0) is 30.2 Å². The van der Waals surface area contributed by atoms with Crippen LogP contribution in [0.1, 0.15) is 12.5 Å². The number of rotatable bonds is 4. The molecule has 0 fully saturated rings. The van der Waals surface area contributed by atoms with Gasteiger partial charge in [-0.2, -0.15) is 5.10 Å². The highest BCUT2D eigenvalue weighted by atomic mass is 16.4. The zero-order valence-corrected chi connectivity index (χ0v) is 12.7. The lowest BCUT2D eigenvalue weighted by atomic mass is 10.1. The normalized spacial score (nSPS) is 11.0. The Balaban J connectivity index is 1.56. The van der Waals surface area contributed by atoms with Crippen LogP contribution in [0, 0.1) is 0 Å². The number of hydrogen-bond acceptors (Lipinski definition) is 4. The number of aryl methyl sites for hydroxylation is 1. The van der Waals surface area contributed by atoms with E-state index in [9.17, 15) is 0 Å². The smallest absolute Gasteiger partial charge is 0.299 e. The van der Waals surface area contributed by atoms with E-state index in [1.165, 1.54) is 5.56 Å². The van der Waals surface area contributed by atoms with Crippen molar-refractivity contribution < 1.29 is 4.42 Å². The summed E-state index contributed by atoms with van der Waals surface area (Å²) in [6, 6.07) is 14.7. The minimum atomic E-state index is 0.474. The average molecular weight is 304 g/mol. The highest BCUT2D eigenvalue weighted by molar-refractivity contribution is 5.82. The Bertz CT molecular complexity index is 937. The van der Waals surface area contributed by atoms with Crippen molar-refractivity contribution in [2.24, 2.45) is 0 Å². The van der Waals surface area contributed by atoms with Gasteiger partial charge in [0.25, 0.3) is 6.01 Å². The Labute approximate surface area is 133 Å². The molecule has 5 nitrogen and oxygen atoms in total. The van der Waals surface area contributed by atoms with Gasteiger partial charge < -0.3 is 9.73 Å². The van der Waals surface area contributed by atoms with Gasteiger partial charge in [0, 0.05) is 16.6 Å². The number of benzene rings is 2. The summed E-state index contributed by atoms with van der Waals surface area (Å²) in [6.07, 6.45) is 4.55. The van der Waals surface area contributed by atoms with Crippen molar-refractivity contribution in [3.05, 3.63) is 60.4 Å². The largest absolute Gasteiger partial charge is 0.423 e. The molecule has 2 N–H and O–H groups in total. The molecular weight excluding hydrogens is 288 g/mol. The van der Waals surface area contributed by atoms with E-state index in [2.05, 4.69) is 51.7 Å². The van der Waals surface area contributed by atoms with Gasteiger partial charge in [0.05, 0.1) is 17.9 Å². The van der Waals surface area contributed by atoms with Crippen LogP contribution in [0.25, 0.3) is 22.2 Å². The molecule has 114 valence electrons. The van der Waals surface area contributed by atoms with E-state index in [0.29, 0.717) is 6.01 Å². The molecule has 2 aromatic heterocycles. The van der Waals surface area contributed by atoms with Gasteiger partial charge in [-0.25, -0.2) is 4.98 Å². The first kappa shape index (κ1) is 13.6. The van der Waals surface area contributed by atoms with Crippen LogP contribution >= 0.6 is 0 Å². The van der Waals surface area contributed by atoms with E-state index < -0.39 is 0 Å². The summed E-state index contributed by atoms with van der Waals surface area (Å²) < 4.78 is 5.80. The van der Waals surface area contributed by atoms with Crippen LogP contribution < -0.4 is 5.32 Å². The second kappa shape index (κ2) is 5.61. The van der Waals surface area contributed by atoms with Crippen LogP contribution in [-0.4, -0.2) is 15.2 Å². The van der Waals surface area contributed by atoms with Crippen LogP contribution in [0.5, 0.6) is 0 Å². The van der Waals surface area contributed by atoms with Gasteiger partial charge in [0.1, 0.15) is 0 Å². The van der Waals surface area contributed by atoms with Gasteiger partial charge in [-0.15, -0.1) is 0 Å². The number of anilines is 2. The maximum atomic E-state index is 5.80. The Kier molecular flexibility index (Phi) is 3.31. The number of hydrogen-bond donors (Lipinski definition) is 2. The second-order valence-electron chi connectivity index (χ2n) is 5.38. The van der Waals surface area contributed by atoms with Crippen molar-refractivity contribution in [3.8, 4) is 11.3 Å². The molecular formula is C18H16N4O. The summed E-state index contributed by atoms with van der Waals surface area (Å²) in [5, 5.41) is 11.2. The van der Waals surface area contributed by atoms with Gasteiger partial charge in [0.15, 0.2) is 5.76 Å². The molecule has 0 radical (unpaired) electrons. The highest BCUT2D eigenvalue weighted by Gasteiger charge is 2.07. The Hall–Kier alpha value is -3.08. The standard InChI is InChI=1S/C18H16N4O/c1-2-12-3-5-13(6-4-12)17-11-19-18(23-17)21-15-7-8-16-14(9-15)10-20-22-16/h3-11H,2H2,1H3,(H,19,21)(H,20,22). The van der Waals surface area contributed by atoms with Crippen molar-refractivity contribution in [2.45, 2.75) is 13.3 Å². The molecule has 0 spiro atoms. The van der Waals surface area contributed by atoms with Crippen molar-refractivity contribution in [2.75, 3.05) is 5.32 Å². The van der Waals surface area contributed by atoms with E-state index in [0.717, 1.165) is 34.3 Å². The molecule has 0 bridgehead atoms. The maximum absolute atomic E-state index is 5.80. The zero-order chi connectivity index (χ0) is 15.6. The molecule has 23 heavy (non-hydrogen) atoms. The molecule has 0 aliphatic carbocycles. The minimum absolute atomic E-state index is 0.474. The quantitative estimate of drug-likeness (QED) is 0.581. The van der Waals surface area contributed by atoms with E-state index >= 15 is 0 Å². The fraction of sp³-hybridized carbons (Fsp3) is 0.111. The number of fused-ring (bicyclic) bond motifs is 1. The SMILES string of the molecule is CCc1ccc(-c2cnc(Nc3ccc4[nH]ncc4c3)o2)cc1. The first-order chi connectivity index (χ1) is 11.3. The number of H-pyrrole nitrogens is 1. The fourth-order valence-corrected chi connectivity index (χ4v) is 2.51. The molecule has 2 aromatic carbocycles. The molecule has 5 heteroatoms. The molecule has 2 heterocycles. The van der Waals surface area contributed by atoms with Crippen molar-refractivity contribution in [3.63, 3.8) is 0 Å². The molecule has 4 aromatic rings. The number of aromatic amines is 1. The Morgan fingerprint density at radius 1 is 1.09 bits per heavy atom. The molecule has 0 saturated carbocycles. The van der Waals surface area contributed by atoms with Gasteiger partial charge in [0.2, 0.25) is 0 Å². The van der Waals surface area contributed by atoms with Crippen LogP contribution in [0.3, 0.4) is 0 Å². The summed E-state index contributed by atoms with van der Waals surface area (Å²) in [6.45, 7) is 2.14. The van der Waals surface area contributed by atoms with Crippen LogP contribution in [0.2, 0.25) is 0 Å². The number of aromatic nitrogens is 3. The Morgan fingerprint density at radius 3 is 2.78 bits per heavy atom. The molecule has 0 amide bonds. The number of nitrogens with zero attached hydrogens (tertiary/aromatic N) is 2. The van der Waals surface area contributed by atoms with E-state index in [4.69, 9.17) is 4.42 Å². The predicted octanol–water partition coefficient (Wildman–Crippen LogP) is 4.52. The molecule has 4 rings (SSSR count).